The molecule has 0 saturated carbocycles. The van der Waals surface area contributed by atoms with Gasteiger partial charge in [-0.3, -0.25) is 0 Å². The van der Waals surface area contributed by atoms with Gasteiger partial charge in [-0.05, 0) is 0 Å². The van der Waals surface area contributed by atoms with E-state index >= 15 is 0 Å². The molecule has 0 saturated heterocycles. The van der Waals surface area contributed by atoms with Crippen LogP contribution in [0, 0.1) is 0 Å². The summed E-state index contributed by atoms with van der Waals surface area (Å²) in [6.45, 7) is -0.709. The molecule has 0 bridgehead atoms. The summed E-state index contributed by atoms with van der Waals surface area (Å²) < 4.78 is 37.7. The van der Waals surface area contributed by atoms with Crippen molar-refractivity contribution in [2.45, 2.75) is 12.6 Å². The first-order valence-electron chi connectivity index (χ1n) is 2.41. The molecule has 0 aliphatic rings. The van der Waals surface area contributed by atoms with Crippen LogP contribution < -0.4 is 5.73 Å². The predicted octanol–water partition coefficient (Wildman–Crippen LogP) is 1.03. The Morgan fingerprint density at radius 2 is 2.00 bits per heavy atom. The second-order valence-corrected chi connectivity index (χ2v) is 1.53. The fourth-order valence-electron chi connectivity index (χ4n) is 0.267. The van der Waals surface area contributed by atoms with Crippen molar-refractivity contribution >= 4 is 6.09 Å². The Morgan fingerprint density at radius 1 is 1.50 bits per heavy atom. The van der Waals surface area contributed by atoms with Crippen LogP contribution in [0.15, 0.2) is 0 Å². The van der Waals surface area contributed by atoms with E-state index in [4.69, 9.17) is 0 Å². The molecular formula is C4H6F3NO2. The van der Waals surface area contributed by atoms with E-state index in [0.717, 1.165) is 0 Å². The van der Waals surface area contributed by atoms with E-state index in [2.05, 4.69) is 10.5 Å². The molecule has 0 aliphatic heterocycles. The minimum atomic E-state index is -4.30. The molecule has 0 radical (unpaired) electrons. The molecule has 0 heterocycles. The summed E-state index contributed by atoms with van der Waals surface area (Å²) in [5, 5.41) is 0. The summed E-state index contributed by atoms with van der Waals surface area (Å²) in [6, 6.07) is 0. The number of ether oxygens (including phenoxy) is 1. The minimum Gasteiger partial charge on any atom is -0.449 e. The number of nitrogens with two attached hydrogens (primary N) is 1. The number of hydrogen-bond donors (Lipinski definition) is 1. The van der Waals surface area contributed by atoms with Gasteiger partial charge in [0.2, 0.25) is 0 Å². The first-order valence-corrected chi connectivity index (χ1v) is 2.41. The van der Waals surface area contributed by atoms with E-state index < -0.39 is 25.3 Å². The van der Waals surface area contributed by atoms with Crippen LogP contribution in [-0.2, 0) is 4.74 Å². The Bertz CT molecular complexity index is 122. The Morgan fingerprint density at radius 3 is 2.30 bits per heavy atom. The number of alkyl halides is 3. The van der Waals surface area contributed by atoms with Crippen LogP contribution >= 0.6 is 0 Å². The monoisotopic (exact) mass is 157 g/mol. The molecule has 3 nitrogen and oxygen atoms in total. The van der Waals surface area contributed by atoms with E-state index in [1.807, 2.05) is 0 Å². The zero-order valence-corrected chi connectivity index (χ0v) is 4.94. The zero-order valence-electron chi connectivity index (χ0n) is 4.94. The summed E-state index contributed by atoms with van der Waals surface area (Å²) in [7, 11) is 0. The maximum Gasteiger partial charge on any atom is 0.404 e. The highest BCUT2D eigenvalue weighted by Crippen LogP contribution is 2.18. The second kappa shape index (κ2) is 3.28. The van der Waals surface area contributed by atoms with E-state index in [9.17, 15) is 18.0 Å². The summed E-state index contributed by atoms with van der Waals surface area (Å²) in [5.74, 6) is 0. The Balaban J connectivity index is 3.29. The van der Waals surface area contributed by atoms with Crippen molar-refractivity contribution in [1.29, 1.82) is 0 Å². The lowest BCUT2D eigenvalue weighted by Gasteiger charge is -2.04. The van der Waals surface area contributed by atoms with Gasteiger partial charge in [-0.1, -0.05) is 0 Å². The first kappa shape index (κ1) is 9.06. The van der Waals surface area contributed by atoms with Crippen LogP contribution in [0.4, 0.5) is 18.0 Å². The molecule has 0 spiro atoms. The maximum atomic E-state index is 11.3. The third-order valence-electron chi connectivity index (χ3n) is 0.630. The fraction of sp³-hybridized carbons (Fsp3) is 0.750. The third kappa shape index (κ3) is 7.06. The smallest absolute Gasteiger partial charge is 0.404 e. The molecule has 1 amide bonds. The normalized spacial score (nSPS) is 11.1. The van der Waals surface area contributed by atoms with Gasteiger partial charge < -0.3 is 10.5 Å². The van der Waals surface area contributed by atoms with Crippen molar-refractivity contribution in [2.24, 2.45) is 5.73 Å². The number of rotatable bonds is 2. The predicted molar refractivity (Wildman–Crippen MR) is 26.2 cm³/mol. The van der Waals surface area contributed by atoms with Gasteiger partial charge in [0.1, 0.15) is 6.61 Å². The summed E-state index contributed by atoms with van der Waals surface area (Å²) in [5.41, 5.74) is 4.39. The standard InChI is InChI=1S/C4H6F3NO2/c5-4(6,7)1-2-10-3(8)9/h1-2H2,(H2,8,9). The lowest BCUT2D eigenvalue weighted by molar-refractivity contribution is -0.141. The van der Waals surface area contributed by atoms with Crippen LogP contribution in [0.5, 0.6) is 0 Å². The number of carbonyl (C=O) groups excluding carboxylic acids is 1. The molecule has 0 rings (SSSR count). The van der Waals surface area contributed by atoms with Gasteiger partial charge in [0.05, 0.1) is 6.42 Å². The molecule has 2 N–H and O–H groups in total. The van der Waals surface area contributed by atoms with Crippen molar-refractivity contribution in [2.75, 3.05) is 6.61 Å². The van der Waals surface area contributed by atoms with Crippen molar-refractivity contribution in [3.8, 4) is 0 Å². The molecule has 0 fully saturated rings. The average Bonchev–Trinajstić information content (AvgIpc) is 1.59. The highest BCUT2D eigenvalue weighted by molar-refractivity contribution is 5.64. The topological polar surface area (TPSA) is 52.3 Å². The van der Waals surface area contributed by atoms with Crippen molar-refractivity contribution < 1.29 is 22.7 Å². The van der Waals surface area contributed by atoms with Crippen LogP contribution in [0.25, 0.3) is 0 Å². The number of primary amides is 1. The van der Waals surface area contributed by atoms with Gasteiger partial charge >= 0.3 is 12.3 Å². The third-order valence-corrected chi connectivity index (χ3v) is 0.630. The Kier molecular flexibility index (Phi) is 2.98. The molecule has 0 unspecified atom stereocenters. The SMILES string of the molecule is NC(=O)OCCC(F)(F)F. The number of hydrogen-bond acceptors (Lipinski definition) is 2. The molecule has 0 aromatic carbocycles. The average molecular weight is 157 g/mol. The molecule has 0 atom stereocenters. The molecule has 60 valence electrons. The quantitative estimate of drug-likeness (QED) is 0.650. The summed E-state index contributed by atoms with van der Waals surface area (Å²) >= 11 is 0. The van der Waals surface area contributed by atoms with E-state index in [0.29, 0.717) is 0 Å². The number of amides is 1. The number of carbonyl (C=O) groups is 1. The Labute approximate surface area is 54.9 Å². The van der Waals surface area contributed by atoms with Gasteiger partial charge in [-0.15, -0.1) is 0 Å². The van der Waals surface area contributed by atoms with E-state index in [1.165, 1.54) is 0 Å². The van der Waals surface area contributed by atoms with E-state index in [-0.39, 0.29) is 0 Å². The van der Waals surface area contributed by atoms with Crippen molar-refractivity contribution in [3.63, 3.8) is 0 Å². The largest absolute Gasteiger partial charge is 0.449 e. The summed E-state index contributed by atoms with van der Waals surface area (Å²) in [4.78, 5) is 9.72. The molecule has 0 aromatic heterocycles. The van der Waals surface area contributed by atoms with Gasteiger partial charge in [0.25, 0.3) is 0 Å². The van der Waals surface area contributed by atoms with Crippen LogP contribution in [-0.4, -0.2) is 18.9 Å². The second-order valence-electron chi connectivity index (χ2n) is 1.53. The highest BCUT2D eigenvalue weighted by Gasteiger charge is 2.26. The van der Waals surface area contributed by atoms with E-state index in [1.54, 1.807) is 0 Å². The zero-order chi connectivity index (χ0) is 8.20. The molecular weight excluding hydrogens is 151 g/mol. The molecule has 0 aliphatic carbocycles. The van der Waals surface area contributed by atoms with Gasteiger partial charge in [0, 0.05) is 0 Å². The molecule has 6 heteroatoms. The van der Waals surface area contributed by atoms with Crippen molar-refractivity contribution in [1.82, 2.24) is 0 Å². The van der Waals surface area contributed by atoms with Gasteiger partial charge in [-0.25, -0.2) is 4.79 Å². The van der Waals surface area contributed by atoms with Crippen LogP contribution in [0.1, 0.15) is 6.42 Å². The van der Waals surface area contributed by atoms with Crippen molar-refractivity contribution in [3.05, 3.63) is 0 Å². The lowest BCUT2D eigenvalue weighted by Crippen LogP contribution is -2.18. The van der Waals surface area contributed by atoms with Crippen LogP contribution in [0.2, 0.25) is 0 Å². The molecule has 10 heavy (non-hydrogen) atoms. The van der Waals surface area contributed by atoms with Gasteiger partial charge in [0.15, 0.2) is 0 Å². The maximum absolute atomic E-state index is 11.3. The fourth-order valence-corrected chi connectivity index (χ4v) is 0.267. The van der Waals surface area contributed by atoms with Crippen LogP contribution in [0.3, 0.4) is 0 Å². The summed E-state index contributed by atoms with van der Waals surface area (Å²) in [6.07, 6.45) is -6.64. The lowest BCUT2D eigenvalue weighted by atomic mass is 10.4. The highest BCUT2D eigenvalue weighted by atomic mass is 19.4. The Hall–Kier alpha value is -0.940. The van der Waals surface area contributed by atoms with Gasteiger partial charge in [-0.2, -0.15) is 13.2 Å². The first-order chi connectivity index (χ1) is 4.42. The molecule has 0 aromatic rings. The number of halogens is 3. The minimum absolute atomic E-state index is 0.709.